The Morgan fingerprint density at radius 1 is 1.44 bits per heavy atom. The third-order valence-electron chi connectivity index (χ3n) is 2.27. The molecule has 0 unspecified atom stereocenters. The molecule has 18 heavy (non-hydrogen) atoms. The van der Waals surface area contributed by atoms with Crippen LogP contribution in [0.5, 0.6) is 0 Å². The zero-order chi connectivity index (χ0) is 13.5. The summed E-state index contributed by atoms with van der Waals surface area (Å²) in [5.74, 6) is -1.43. The number of hydrogen-bond donors (Lipinski definition) is 0. The van der Waals surface area contributed by atoms with Crippen molar-refractivity contribution in [3.8, 4) is 0 Å². The van der Waals surface area contributed by atoms with Gasteiger partial charge in [-0.1, -0.05) is 6.92 Å². The summed E-state index contributed by atoms with van der Waals surface area (Å²) in [5, 5.41) is 0. The molecule has 0 N–H and O–H groups in total. The number of pyridine rings is 1. The Bertz CT molecular complexity index is 420. The average Bonchev–Trinajstić information content (AvgIpc) is 2.38. The van der Waals surface area contributed by atoms with Crippen LogP contribution in [0.1, 0.15) is 23.8 Å². The molecule has 0 saturated carbocycles. The highest BCUT2D eigenvalue weighted by molar-refractivity contribution is 5.94. The Morgan fingerprint density at radius 3 is 2.67 bits per heavy atom. The van der Waals surface area contributed by atoms with Crippen molar-refractivity contribution in [2.45, 2.75) is 13.3 Å². The molecule has 1 aromatic rings. The molecule has 98 valence electrons. The van der Waals surface area contributed by atoms with Crippen molar-refractivity contribution in [2.75, 3.05) is 20.2 Å². The zero-order valence-electron chi connectivity index (χ0n) is 10.4. The predicted octanol–water partition coefficient (Wildman–Crippen LogP) is 1.25. The summed E-state index contributed by atoms with van der Waals surface area (Å²) in [4.78, 5) is 28.2. The first-order chi connectivity index (χ1) is 8.58. The van der Waals surface area contributed by atoms with Gasteiger partial charge in [-0.3, -0.25) is 9.59 Å². The number of carbonyl (C=O) groups is 2. The van der Waals surface area contributed by atoms with Crippen LogP contribution in [0.25, 0.3) is 0 Å². The van der Waals surface area contributed by atoms with Crippen molar-refractivity contribution in [3.63, 3.8) is 0 Å². The van der Waals surface area contributed by atoms with Crippen LogP contribution >= 0.6 is 0 Å². The van der Waals surface area contributed by atoms with E-state index in [0.29, 0.717) is 13.0 Å². The van der Waals surface area contributed by atoms with Crippen molar-refractivity contribution in [1.29, 1.82) is 0 Å². The van der Waals surface area contributed by atoms with Gasteiger partial charge in [0, 0.05) is 6.54 Å². The largest absolute Gasteiger partial charge is 0.468 e. The zero-order valence-corrected chi connectivity index (χ0v) is 10.4. The van der Waals surface area contributed by atoms with Gasteiger partial charge in [-0.2, -0.15) is 0 Å². The normalized spacial score (nSPS) is 9.94. The molecule has 0 radical (unpaired) electrons. The van der Waals surface area contributed by atoms with Gasteiger partial charge < -0.3 is 9.64 Å². The van der Waals surface area contributed by atoms with Gasteiger partial charge in [0.15, 0.2) is 0 Å². The average molecular weight is 254 g/mol. The van der Waals surface area contributed by atoms with Gasteiger partial charge in [0.2, 0.25) is 0 Å². The number of halogens is 1. The Hall–Kier alpha value is -1.98. The number of aromatic nitrogens is 1. The minimum atomic E-state index is -0.512. The number of carbonyl (C=O) groups excluding carboxylic acids is 2. The summed E-state index contributed by atoms with van der Waals surface area (Å²) in [5.41, 5.74) is 0.105. The number of esters is 1. The molecule has 1 amide bonds. The van der Waals surface area contributed by atoms with E-state index in [-0.39, 0.29) is 12.2 Å². The maximum absolute atomic E-state index is 12.7. The van der Waals surface area contributed by atoms with Gasteiger partial charge in [0.1, 0.15) is 18.1 Å². The van der Waals surface area contributed by atoms with E-state index in [4.69, 9.17) is 0 Å². The van der Waals surface area contributed by atoms with Crippen molar-refractivity contribution in [3.05, 3.63) is 29.8 Å². The molecule has 0 aromatic carbocycles. The molecular weight excluding hydrogens is 239 g/mol. The lowest BCUT2D eigenvalue weighted by molar-refractivity contribution is -0.141. The van der Waals surface area contributed by atoms with Crippen LogP contribution in [0.15, 0.2) is 18.3 Å². The number of nitrogens with zero attached hydrogens (tertiary/aromatic N) is 2. The lowest BCUT2D eigenvalue weighted by Gasteiger charge is -2.20. The predicted molar refractivity (Wildman–Crippen MR) is 62.4 cm³/mol. The molecule has 6 heteroatoms. The Labute approximate surface area is 105 Å². The molecule has 0 atom stereocenters. The molecular formula is C12H15FN2O3. The van der Waals surface area contributed by atoms with Crippen LogP contribution in [0.3, 0.4) is 0 Å². The van der Waals surface area contributed by atoms with Crippen molar-refractivity contribution < 1.29 is 18.7 Å². The first-order valence-electron chi connectivity index (χ1n) is 5.56. The maximum Gasteiger partial charge on any atom is 0.325 e. The van der Waals surface area contributed by atoms with Crippen molar-refractivity contribution in [1.82, 2.24) is 9.88 Å². The summed E-state index contributed by atoms with van der Waals surface area (Å²) in [7, 11) is 1.26. The van der Waals surface area contributed by atoms with E-state index in [0.717, 1.165) is 12.3 Å². The minimum Gasteiger partial charge on any atom is -0.468 e. The van der Waals surface area contributed by atoms with E-state index in [2.05, 4.69) is 9.72 Å². The monoisotopic (exact) mass is 254 g/mol. The number of rotatable bonds is 5. The molecule has 0 aliphatic carbocycles. The molecule has 0 spiro atoms. The summed E-state index contributed by atoms with van der Waals surface area (Å²) in [6.45, 7) is 2.16. The first kappa shape index (κ1) is 14.1. The van der Waals surface area contributed by atoms with E-state index < -0.39 is 17.7 Å². The molecule has 1 heterocycles. The topological polar surface area (TPSA) is 59.5 Å². The smallest absolute Gasteiger partial charge is 0.325 e. The fourth-order valence-corrected chi connectivity index (χ4v) is 1.41. The second-order valence-electron chi connectivity index (χ2n) is 3.66. The number of amides is 1. The van der Waals surface area contributed by atoms with Crippen LogP contribution in [0.4, 0.5) is 4.39 Å². The number of hydrogen-bond acceptors (Lipinski definition) is 4. The molecule has 0 bridgehead atoms. The van der Waals surface area contributed by atoms with Gasteiger partial charge in [0.05, 0.1) is 13.3 Å². The van der Waals surface area contributed by atoms with Crippen molar-refractivity contribution >= 4 is 11.9 Å². The molecule has 0 aliphatic heterocycles. The minimum absolute atomic E-state index is 0.105. The second kappa shape index (κ2) is 6.68. The van der Waals surface area contributed by atoms with Gasteiger partial charge in [0.25, 0.3) is 5.91 Å². The highest BCUT2D eigenvalue weighted by Gasteiger charge is 2.19. The van der Waals surface area contributed by atoms with Crippen LogP contribution in [-0.2, 0) is 9.53 Å². The molecule has 1 aromatic heterocycles. The number of methoxy groups -OCH3 is 1. The third kappa shape index (κ3) is 3.80. The third-order valence-corrected chi connectivity index (χ3v) is 2.27. The van der Waals surface area contributed by atoms with Gasteiger partial charge >= 0.3 is 5.97 Å². The highest BCUT2D eigenvalue weighted by atomic mass is 19.1. The van der Waals surface area contributed by atoms with Gasteiger partial charge in [-0.25, -0.2) is 9.37 Å². The van der Waals surface area contributed by atoms with Crippen LogP contribution in [-0.4, -0.2) is 42.0 Å². The Morgan fingerprint density at radius 2 is 2.17 bits per heavy atom. The van der Waals surface area contributed by atoms with E-state index >= 15 is 0 Å². The van der Waals surface area contributed by atoms with E-state index in [1.54, 1.807) is 0 Å². The van der Waals surface area contributed by atoms with E-state index in [1.807, 2.05) is 6.92 Å². The molecule has 1 rings (SSSR count). The molecule has 5 nitrogen and oxygen atoms in total. The Balaban J connectivity index is 2.81. The van der Waals surface area contributed by atoms with Crippen LogP contribution in [0, 0.1) is 5.82 Å². The summed E-state index contributed by atoms with van der Waals surface area (Å²) in [6, 6.07) is 2.44. The van der Waals surface area contributed by atoms with Gasteiger partial charge in [-0.05, 0) is 18.6 Å². The number of ether oxygens (including phenoxy) is 1. The summed E-state index contributed by atoms with van der Waals surface area (Å²) < 4.78 is 17.2. The standard InChI is InChI=1S/C12H15FN2O3/c1-3-6-15(8-11(16)18-2)12(17)10-5-4-9(13)7-14-10/h4-5,7H,3,6,8H2,1-2H3. The fourth-order valence-electron chi connectivity index (χ4n) is 1.41. The lowest BCUT2D eigenvalue weighted by Crippen LogP contribution is -2.37. The first-order valence-corrected chi connectivity index (χ1v) is 5.56. The van der Waals surface area contributed by atoms with Gasteiger partial charge in [-0.15, -0.1) is 0 Å². The van der Waals surface area contributed by atoms with E-state index in [1.165, 1.54) is 18.1 Å². The molecule has 0 saturated heterocycles. The second-order valence-corrected chi connectivity index (χ2v) is 3.66. The quantitative estimate of drug-likeness (QED) is 0.742. The van der Waals surface area contributed by atoms with Crippen LogP contribution in [0.2, 0.25) is 0 Å². The van der Waals surface area contributed by atoms with Crippen molar-refractivity contribution in [2.24, 2.45) is 0 Å². The Kier molecular flexibility index (Phi) is 5.23. The van der Waals surface area contributed by atoms with Crippen LogP contribution < -0.4 is 0 Å². The highest BCUT2D eigenvalue weighted by Crippen LogP contribution is 2.04. The summed E-state index contributed by atoms with van der Waals surface area (Å²) >= 11 is 0. The SMILES string of the molecule is CCCN(CC(=O)OC)C(=O)c1ccc(F)cn1. The fraction of sp³-hybridized carbons (Fsp3) is 0.417. The molecule has 0 fully saturated rings. The maximum atomic E-state index is 12.7. The lowest BCUT2D eigenvalue weighted by atomic mass is 10.3. The summed E-state index contributed by atoms with van der Waals surface area (Å²) in [6.07, 6.45) is 1.67. The molecule has 0 aliphatic rings. The van der Waals surface area contributed by atoms with E-state index in [9.17, 15) is 14.0 Å².